The lowest BCUT2D eigenvalue weighted by Gasteiger charge is -2.10. The largest absolute Gasteiger partial charge is 0.480 e. The van der Waals surface area contributed by atoms with Crippen LogP contribution in [-0.2, 0) is 9.59 Å². The second-order valence-corrected chi connectivity index (χ2v) is 6.17. The van der Waals surface area contributed by atoms with E-state index in [1.54, 1.807) is 30.3 Å². The number of hydrogen-bond donors (Lipinski definition) is 3. The van der Waals surface area contributed by atoms with E-state index in [-0.39, 0.29) is 5.82 Å². The molecule has 3 N–H and O–H groups in total. The number of carbonyl (C=O) groups is 2. The minimum Gasteiger partial charge on any atom is -0.480 e. The molecular weight excluding hydrogens is 325 g/mol. The average Bonchev–Trinajstić information content (AvgIpc) is 3.30. The van der Waals surface area contributed by atoms with Crippen molar-refractivity contribution in [3.8, 4) is 11.4 Å². The Morgan fingerprint density at radius 3 is 2.52 bits per heavy atom. The van der Waals surface area contributed by atoms with Crippen molar-refractivity contribution in [1.82, 2.24) is 9.97 Å². The summed E-state index contributed by atoms with van der Waals surface area (Å²) >= 11 is 0. The lowest BCUT2D eigenvalue weighted by atomic mass is 10.1. The first kappa shape index (κ1) is 15.3. The first-order valence-electron chi connectivity index (χ1n) is 7.78. The average molecular weight is 339 g/mol. The number of amides is 1. The highest BCUT2D eigenvalue weighted by atomic mass is 19.1. The number of aliphatic carboxylic acids is 1. The molecule has 1 fully saturated rings. The molecule has 0 bridgehead atoms. The first-order valence-corrected chi connectivity index (χ1v) is 7.78. The molecule has 1 heterocycles. The number of carbonyl (C=O) groups excluding carboxylic acids is 1. The number of carboxylic acids is 1. The van der Waals surface area contributed by atoms with E-state index >= 15 is 0 Å². The van der Waals surface area contributed by atoms with Gasteiger partial charge in [0.15, 0.2) is 0 Å². The molecule has 0 saturated heterocycles. The second kappa shape index (κ2) is 5.41. The van der Waals surface area contributed by atoms with Crippen molar-refractivity contribution < 1.29 is 19.1 Å². The molecule has 1 amide bonds. The van der Waals surface area contributed by atoms with Crippen LogP contribution >= 0.6 is 0 Å². The van der Waals surface area contributed by atoms with Gasteiger partial charge in [0.2, 0.25) is 5.91 Å². The smallest absolute Gasteiger partial charge is 0.319 e. The molecule has 1 aliphatic rings. The van der Waals surface area contributed by atoms with Gasteiger partial charge in [-0.25, -0.2) is 9.37 Å². The molecule has 0 unspecified atom stereocenters. The zero-order chi connectivity index (χ0) is 17.6. The fraction of sp³-hybridized carbons (Fsp3) is 0.167. The van der Waals surface area contributed by atoms with Crippen molar-refractivity contribution in [2.24, 2.45) is 5.41 Å². The van der Waals surface area contributed by atoms with Crippen LogP contribution in [0, 0.1) is 11.2 Å². The van der Waals surface area contributed by atoms with E-state index in [9.17, 15) is 14.0 Å². The van der Waals surface area contributed by atoms with Crippen molar-refractivity contribution >= 4 is 28.6 Å². The van der Waals surface area contributed by atoms with Gasteiger partial charge >= 0.3 is 5.97 Å². The number of fused-ring (bicyclic) bond motifs is 1. The minimum absolute atomic E-state index is 0.322. The van der Waals surface area contributed by atoms with Crippen LogP contribution < -0.4 is 5.32 Å². The number of imidazole rings is 1. The summed E-state index contributed by atoms with van der Waals surface area (Å²) in [6, 6.07) is 11.1. The molecule has 4 rings (SSSR count). The maximum Gasteiger partial charge on any atom is 0.319 e. The molecule has 25 heavy (non-hydrogen) atoms. The van der Waals surface area contributed by atoms with E-state index < -0.39 is 17.3 Å². The number of nitrogens with zero attached hydrogens (tertiary/aromatic N) is 1. The number of H-pyrrole nitrogens is 1. The van der Waals surface area contributed by atoms with E-state index in [4.69, 9.17) is 5.11 Å². The van der Waals surface area contributed by atoms with Crippen LogP contribution in [0.3, 0.4) is 0 Å². The number of anilines is 1. The Bertz CT molecular complexity index is 990. The number of carboxylic acid groups (broad SMARTS) is 1. The molecule has 126 valence electrons. The van der Waals surface area contributed by atoms with Crippen LogP contribution in [0.5, 0.6) is 0 Å². The van der Waals surface area contributed by atoms with Crippen LogP contribution in [0.25, 0.3) is 22.4 Å². The molecule has 7 heteroatoms. The van der Waals surface area contributed by atoms with Gasteiger partial charge in [0.25, 0.3) is 0 Å². The maximum atomic E-state index is 13.0. The molecule has 6 nitrogen and oxygen atoms in total. The quantitative estimate of drug-likeness (QED) is 0.636. The van der Waals surface area contributed by atoms with Gasteiger partial charge in [0.05, 0.1) is 11.0 Å². The van der Waals surface area contributed by atoms with Crippen molar-refractivity contribution in [3.05, 3.63) is 48.3 Å². The van der Waals surface area contributed by atoms with Crippen LogP contribution in [0.4, 0.5) is 10.1 Å². The summed E-state index contributed by atoms with van der Waals surface area (Å²) in [4.78, 5) is 30.9. The van der Waals surface area contributed by atoms with Crippen molar-refractivity contribution in [1.29, 1.82) is 0 Å². The Morgan fingerprint density at radius 1 is 1.16 bits per heavy atom. The Hall–Kier alpha value is -3.22. The molecule has 1 aliphatic carbocycles. The third kappa shape index (κ3) is 2.63. The highest BCUT2D eigenvalue weighted by Gasteiger charge is 2.57. The maximum absolute atomic E-state index is 13.0. The summed E-state index contributed by atoms with van der Waals surface area (Å²) in [5.74, 6) is -1.33. The third-order valence-electron chi connectivity index (χ3n) is 4.45. The van der Waals surface area contributed by atoms with Gasteiger partial charge in [-0.15, -0.1) is 0 Å². The Kier molecular flexibility index (Phi) is 3.31. The Labute approximate surface area is 141 Å². The van der Waals surface area contributed by atoms with E-state index in [1.165, 1.54) is 12.1 Å². The third-order valence-corrected chi connectivity index (χ3v) is 4.45. The summed E-state index contributed by atoms with van der Waals surface area (Å²) in [5, 5.41) is 11.8. The molecule has 0 atom stereocenters. The van der Waals surface area contributed by atoms with Gasteiger partial charge < -0.3 is 15.4 Å². The highest BCUT2D eigenvalue weighted by Crippen LogP contribution is 2.46. The highest BCUT2D eigenvalue weighted by molar-refractivity contribution is 6.11. The summed E-state index contributed by atoms with van der Waals surface area (Å²) in [6.45, 7) is 0. The number of halogens is 1. The van der Waals surface area contributed by atoms with Gasteiger partial charge in [-0.1, -0.05) is 0 Å². The SMILES string of the molecule is O=C(O)C1(C(=O)Nc2ccc3nc(-c4ccc(F)cc4)[nH]c3c2)CC1. The zero-order valence-electron chi connectivity index (χ0n) is 13.0. The van der Waals surface area contributed by atoms with E-state index in [1.807, 2.05) is 0 Å². The molecule has 1 saturated carbocycles. The lowest BCUT2D eigenvalue weighted by molar-refractivity contribution is -0.147. The lowest BCUT2D eigenvalue weighted by Crippen LogP contribution is -2.31. The molecule has 0 aliphatic heterocycles. The predicted molar refractivity (Wildman–Crippen MR) is 89.4 cm³/mol. The van der Waals surface area contributed by atoms with Crippen molar-refractivity contribution in [3.63, 3.8) is 0 Å². The fourth-order valence-corrected chi connectivity index (χ4v) is 2.75. The molecule has 0 radical (unpaired) electrons. The minimum atomic E-state index is -1.29. The normalized spacial score (nSPS) is 15.1. The zero-order valence-corrected chi connectivity index (χ0v) is 13.0. The first-order chi connectivity index (χ1) is 12.0. The Morgan fingerprint density at radius 2 is 1.88 bits per heavy atom. The molecule has 2 aromatic carbocycles. The Balaban J connectivity index is 1.61. The summed E-state index contributed by atoms with van der Waals surface area (Å²) in [5.41, 5.74) is 1.33. The number of rotatable bonds is 4. The predicted octanol–water partition coefficient (Wildman–Crippen LogP) is 3.17. The van der Waals surface area contributed by atoms with Crippen molar-refractivity contribution in [2.45, 2.75) is 12.8 Å². The number of aromatic nitrogens is 2. The number of benzene rings is 2. The topological polar surface area (TPSA) is 95.1 Å². The van der Waals surface area contributed by atoms with Crippen molar-refractivity contribution in [2.75, 3.05) is 5.32 Å². The number of aromatic amines is 1. The van der Waals surface area contributed by atoms with Gasteiger partial charge in [0.1, 0.15) is 17.1 Å². The molecule has 3 aromatic rings. The standard InChI is InChI=1S/C18H14FN3O3/c19-11-3-1-10(2-4-11)15-21-13-6-5-12(9-14(13)22-15)20-16(23)18(7-8-18)17(24)25/h1-6,9H,7-8H2,(H,20,23)(H,21,22)(H,24,25). The molecular formula is C18H14FN3O3. The van der Waals surface area contributed by atoms with Gasteiger partial charge in [-0.05, 0) is 55.3 Å². The molecule has 0 spiro atoms. The van der Waals surface area contributed by atoms with Crippen LogP contribution in [-0.4, -0.2) is 27.0 Å². The summed E-state index contributed by atoms with van der Waals surface area (Å²) in [6.07, 6.45) is 0.713. The van der Waals surface area contributed by atoms with Gasteiger partial charge in [-0.2, -0.15) is 0 Å². The van der Waals surface area contributed by atoms with Crippen LogP contribution in [0.2, 0.25) is 0 Å². The summed E-state index contributed by atoms with van der Waals surface area (Å²) < 4.78 is 13.0. The van der Waals surface area contributed by atoms with Gasteiger partial charge in [-0.3, -0.25) is 9.59 Å². The molecule has 1 aromatic heterocycles. The fourth-order valence-electron chi connectivity index (χ4n) is 2.75. The van der Waals surface area contributed by atoms with E-state index in [0.717, 1.165) is 5.56 Å². The van der Waals surface area contributed by atoms with E-state index in [2.05, 4.69) is 15.3 Å². The monoisotopic (exact) mass is 339 g/mol. The van der Waals surface area contributed by atoms with E-state index in [0.29, 0.717) is 35.4 Å². The van der Waals surface area contributed by atoms with Crippen LogP contribution in [0.1, 0.15) is 12.8 Å². The van der Waals surface area contributed by atoms with Gasteiger partial charge in [0, 0.05) is 11.3 Å². The second-order valence-electron chi connectivity index (χ2n) is 6.17. The van der Waals surface area contributed by atoms with Crippen LogP contribution in [0.15, 0.2) is 42.5 Å². The summed E-state index contributed by atoms with van der Waals surface area (Å²) in [7, 11) is 0. The number of hydrogen-bond acceptors (Lipinski definition) is 3. The number of nitrogens with one attached hydrogen (secondary N) is 2.